The molecule has 0 heterocycles. The number of hydrogen-bond donors (Lipinski definition) is 2. The summed E-state index contributed by atoms with van der Waals surface area (Å²) in [5, 5.41) is 3.55. The van der Waals surface area contributed by atoms with Crippen LogP contribution in [0, 0.1) is 6.92 Å². The normalized spacial score (nSPS) is 11.2. The van der Waals surface area contributed by atoms with Crippen molar-refractivity contribution in [2.75, 3.05) is 11.1 Å². The molecule has 1 amide bonds. The number of anilines is 2. The van der Waals surface area contributed by atoms with E-state index in [1.165, 1.54) is 0 Å². The summed E-state index contributed by atoms with van der Waals surface area (Å²) in [6.45, 7) is 5.68. The van der Waals surface area contributed by atoms with E-state index in [0.717, 1.165) is 11.1 Å². The molecule has 2 aromatic rings. The molecule has 0 saturated carbocycles. The third-order valence-corrected chi connectivity index (χ3v) is 4.04. The van der Waals surface area contributed by atoms with Crippen molar-refractivity contribution in [3.05, 3.63) is 58.6 Å². The summed E-state index contributed by atoms with van der Waals surface area (Å²) in [6.07, 6.45) is 0. The lowest BCUT2D eigenvalue weighted by Crippen LogP contribution is -2.34. The lowest BCUT2D eigenvalue weighted by molar-refractivity contribution is -0.120. The number of carbonyl (C=O) groups excluding carboxylic acids is 1. The quantitative estimate of drug-likeness (QED) is 0.837. The number of nitrogens with one attached hydrogen (secondary N) is 1. The van der Waals surface area contributed by atoms with Gasteiger partial charge in [0, 0.05) is 16.4 Å². The van der Waals surface area contributed by atoms with Crippen molar-refractivity contribution in [2.24, 2.45) is 0 Å². The number of halogens is 1. The van der Waals surface area contributed by atoms with E-state index in [9.17, 15) is 4.79 Å². The van der Waals surface area contributed by atoms with Crippen LogP contribution in [0.5, 0.6) is 0 Å². The first-order valence-electron chi connectivity index (χ1n) is 6.74. The van der Waals surface area contributed by atoms with Gasteiger partial charge in [-0.05, 0) is 56.2 Å². The third-order valence-electron chi connectivity index (χ3n) is 3.63. The van der Waals surface area contributed by atoms with E-state index in [4.69, 9.17) is 17.3 Å². The van der Waals surface area contributed by atoms with Gasteiger partial charge in [0.05, 0.1) is 5.41 Å². The highest BCUT2D eigenvalue weighted by molar-refractivity contribution is 6.31. The van der Waals surface area contributed by atoms with Crippen molar-refractivity contribution in [1.82, 2.24) is 0 Å². The zero-order chi connectivity index (χ0) is 15.6. The van der Waals surface area contributed by atoms with Gasteiger partial charge in [0.15, 0.2) is 0 Å². The van der Waals surface area contributed by atoms with Crippen molar-refractivity contribution in [3.63, 3.8) is 0 Å². The Balaban J connectivity index is 2.21. The molecular formula is C17H19ClN2O. The molecule has 0 spiro atoms. The molecule has 0 atom stereocenters. The average molecular weight is 303 g/mol. The largest absolute Gasteiger partial charge is 0.399 e. The first kappa shape index (κ1) is 15.4. The lowest BCUT2D eigenvalue weighted by Gasteiger charge is -2.24. The molecular weight excluding hydrogens is 284 g/mol. The summed E-state index contributed by atoms with van der Waals surface area (Å²) in [6, 6.07) is 12.8. The molecule has 2 aromatic carbocycles. The van der Waals surface area contributed by atoms with Crippen LogP contribution in [0.15, 0.2) is 42.5 Å². The summed E-state index contributed by atoms with van der Waals surface area (Å²) in [7, 11) is 0. The molecule has 4 heteroatoms. The maximum atomic E-state index is 12.5. The zero-order valence-corrected chi connectivity index (χ0v) is 13.2. The molecule has 0 saturated heterocycles. The highest BCUT2D eigenvalue weighted by atomic mass is 35.5. The molecule has 3 N–H and O–H groups in total. The zero-order valence-electron chi connectivity index (χ0n) is 12.4. The second kappa shape index (κ2) is 5.78. The minimum Gasteiger partial charge on any atom is -0.399 e. The van der Waals surface area contributed by atoms with Crippen molar-refractivity contribution < 1.29 is 4.79 Å². The lowest BCUT2D eigenvalue weighted by atomic mass is 9.83. The van der Waals surface area contributed by atoms with Gasteiger partial charge >= 0.3 is 0 Å². The molecule has 0 aromatic heterocycles. The number of benzene rings is 2. The first-order valence-corrected chi connectivity index (χ1v) is 7.12. The maximum absolute atomic E-state index is 12.5. The van der Waals surface area contributed by atoms with Gasteiger partial charge in [-0.15, -0.1) is 0 Å². The monoisotopic (exact) mass is 302 g/mol. The average Bonchev–Trinajstić information content (AvgIpc) is 2.43. The Kier molecular flexibility index (Phi) is 4.24. The Morgan fingerprint density at radius 2 is 1.76 bits per heavy atom. The van der Waals surface area contributed by atoms with Crippen LogP contribution < -0.4 is 11.1 Å². The minimum atomic E-state index is -0.662. The van der Waals surface area contributed by atoms with Gasteiger partial charge in [-0.25, -0.2) is 0 Å². The fourth-order valence-electron chi connectivity index (χ4n) is 1.99. The molecule has 2 rings (SSSR count). The van der Waals surface area contributed by atoms with E-state index < -0.39 is 5.41 Å². The Bertz CT molecular complexity index is 663. The van der Waals surface area contributed by atoms with E-state index in [-0.39, 0.29) is 5.91 Å². The molecule has 0 bridgehead atoms. The fraction of sp³-hybridized carbons (Fsp3) is 0.235. The van der Waals surface area contributed by atoms with Gasteiger partial charge < -0.3 is 11.1 Å². The molecule has 3 nitrogen and oxygen atoms in total. The Morgan fingerprint density at radius 3 is 2.33 bits per heavy atom. The standard InChI is InChI=1S/C17H19ClN2O/c1-11-4-9-14(10-15(11)18)20-16(21)17(2,3)12-5-7-13(19)8-6-12/h4-10H,19H2,1-3H3,(H,20,21). The van der Waals surface area contributed by atoms with Crippen LogP contribution in [0.3, 0.4) is 0 Å². The van der Waals surface area contributed by atoms with Crippen LogP contribution >= 0.6 is 11.6 Å². The molecule has 0 unspecified atom stereocenters. The summed E-state index contributed by atoms with van der Waals surface area (Å²) in [5.74, 6) is -0.0906. The highest BCUT2D eigenvalue weighted by Crippen LogP contribution is 2.27. The molecule has 0 aliphatic carbocycles. The van der Waals surface area contributed by atoms with Crippen LogP contribution in [0.4, 0.5) is 11.4 Å². The van der Waals surface area contributed by atoms with Gasteiger partial charge in [0.25, 0.3) is 0 Å². The molecule has 110 valence electrons. The maximum Gasteiger partial charge on any atom is 0.234 e. The predicted octanol–water partition coefficient (Wildman–Crippen LogP) is 4.15. The van der Waals surface area contributed by atoms with Gasteiger partial charge in [0.1, 0.15) is 0 Å². The van der Waals surface area contributed by atoms with E-state index in [1.807, 2.05) is 45.0 Å². The summed E-state index contributed by atoms with van der Waals surface area (Å²) < 4.78 is 0. The number of aryl methyl sites for hydroxylation is 1. The van der Waals surface area contributed by atoms with E-state index in [2.05, 4.69) is 5.32 Å². The number of carbonyl (C=O) groups is 1. The second-order valence-corrected chi connectivity index (χ2v) is 6.07. The fourth-order valence-corrected chi connectivity index (χ4v) is 2.17. The topological polar surface area (TPSA) is 55.1 Å². The highest BCUT2D eigenvalue weighted by Gasteiger charge is 2.29. The number of hydrogen-bond acceptors (Lipinski definition) is 2. The van der Waals surface area contributed by atoms with Gasteiger partial charge in [-0.1, -0.05) is 29.8 Å². The van der Waals surface area contributed by atoms with Crippen molar-refractivity contribution in [1.29, 1.82) is 0 Å². The third kappa shape index (κ3) is 3.37. The van der Waals surface area contributed by atoms with Gasteiger partial charge in [-0.3, -0.25) is 4.79 Å². The smallest absolute Gasteiger partial charge is 0.234 e. The Labute approximate surface area is 130 Å². The van der Waals surface area contributed by atoms with E-state index in [0.29, 0.717) is 16.4 Å². The van der Waals surface area contributed by atoms with Crippen LogP contribution in [-0.4, -0.2) is 5.91 Å². The number of nitrogen functional groups attached to an aromatic ring is 1. The van der Waals surface area contributed by atoms with Crippen molar-refractivity contribution in [3.8, 4) is 0 Å². The Morgan fingerprint density at radius 1 is 1.14 bits per heavy atom. The molecule has 0 aliphatic rings. The van der Waals surface area contributed by atoms with Crippen LogP contribution in [0.25, 0.3) is 0 Å². The predicted molar refractivity (Wildman–Crippen MR) is 88.7 cm³/mol. The molecule has 0 radical (unpaired) electrons. The minimum absolute atomic E-state index is 0.0906. The number of amides is 1. The van der Waals surface area contributed by atoms with Gasteiger partial charge in [-0.2, -0.15) is 0 Å². The van der Waals surface area contributed by atoms with E-state index in [1.54, 1.807) is 18.2 Å². The first-order chi connectivity index (χ1) is 9.80. The summed E-state index contributed by atoms with van der Waals surface area (Å²) in [4.78, 5) is 12.5. The molecule has 21 heavy (non-hydrogen) atoms. The van der Waals surface area contributed by atoms with Crippen LogP contribution in [0.2, 0.25) is 5.02 Å². The molecule has 0 aliphatic heterocycles. The SMILES string of the molecule is Cc1ccc(NC(=O)C(C)(C)c2ccc(N)cc2)cc1Cl. The van der Waals surface area contributed by atoms with Crippen molar-refractivity contribution >= 4 is 28.9 Å². The summed E-state index contributed by atoms with van der Waals surface area (Å²) in [5.41, 5.74) is 8.29. The second-order valence-electron chi connectivity index (χ2n) is 5.67. The Hall–Kier alpha value is -2.00. The summed E-state index contributed by atoms with van der Waals surface area (Å²) >= 11 is 6.08. The van der Waals surface area contributed by atoms with Crippen LogP contribution in [-0.2, 0) is 10.2 Å². The number of rotatable bonds is 3. The number of nitrogens with two attached hydrogens (primary N) is 1. The van der Waals surface area contributed by atoms with Crippen molar-refractivity contribution in [2.45, 2.75) is 26.2 Å². The van der Waals surface area contributed by atoms with Crippen LogP contribution in [0.1, 0.15) is 25.0 Å². The van der Waals surface area contributed by atoms with E-state index >= 15 is 0 Å². The van der Waals surface area contributed by atoms with Gasteiger partial charge in [0.2, 0.25) is 5.91 Å². The molecule has 0 fully saturated rings.